The van der Waals surface area contributed by atoms with Crippen LogP contribution in [0.2, 0.25) is 0 Å². The van der Waals surface area contributed by atoms with Crippen molar-refractivity contribution in [3.63, 3.8) is 0 Å². The van der Waals surface area contributed by atoms with Gasteiger partial charge in [0, 0.05) is 24.3 Å². The van der Waals surface area contributed by atoms with E-state index in [0.29, 0.717) is 12.1 Å². The lowest BCUT2D eigenvalue weighted by molar-refractivity contribution is 0.102. The van der Waals surface area contributed by atoms with Crippen molar-refractivity contribution in [2.24, 2.45) is 0 Å². The average Bonchev–Trinajstić information content (AvgIpc) is 3.09. The number of aryl methyl sites for hydroxylation is 2. The molecule has 0 aliphatic carbocycles. The van der Waals surface area contributed by atoms with Gasteiger partial charge in [-0.2, -0.15) is 0 Å². The molecule has 0 bridgehead atoms. The SMILES string of the molecule is CCc1nc2c(Br)cc(C)cn2c1C(=O)Nc1ccc(Cc2ccncc2)cc1. The summed E-state index contributed by atoms with van der Waals surface area (Å²) in [6.45, 7) is 4.01. The molecule has 4 aromatic rings. The summed E-state index contributed by atoms with van der Waals surface area (Å²) in [7, 11) is 0. The number of rotatable bonds is 5. The van der Waals surface area contributed by atoms with Crippen LogP contribution in [-0.2, 0) is 12.8 Å². The molecule has 0 aliphatic rings. The summed E-state index contributed by atoms with van der Waals surface area (Å²) in [6, 6.07) is 14.0. The molecular formula is C23H21BrN4O. The molecule has 6 heteroatoms. The monoisotopic (exact) mass is 448 g/mol. The normalized spacial score (nSPS) is 11.0. The summed E-state index contributed by atoms with van der Waals surface area (Å²) in [5.74, 6) is -0.159. The second-order valence-corrected chi connectivity index (χ2v) is 7.86. The highest BCUT2D eigenvalue weighted by atomic mass is 79.9. The molecule has 1 amide bonds. The van der Waals surface area contributed by atoms with Crippen molar-refractivity contribution in [3.05, 3.63) is 93.6 Å². The molecule has 0 radical (unpaired) electrons. The van der Waals surface area contributed by atoms with E-state index in [-0.39, 0.29) is 5.91 Å². The van der Waals surface area contributed by atoms with Crippen molar-refractivity contribution in [2.45, 2.75) is 26.7 Å². The van der Waals surface area contributed by atoms with Gasteiger partial charge in [0.1, 0.15) is 5.69 Å². The van der Waals surface area contributed by atoms with E-state index in [2.05, 4.69) is 31.2 Å². The third kappa shape index (κ3) is 4.07. The molecule has 0 aliphatic heterocycles. The number of pyridine rings is 2. The Morgan fingerprint density at radius 3 is 2.48 bits per heavy atom. The number of imidazole rings is 1. The van der Waals surface area contributed by atoms with Crippen LogP contribution in [0, 0.1) is 6.92 Å². The number of carbonyl (C=O) groups is 1. The highest BCUT2D eigenvalue weighted by Crippen LogP contribution is 2.24. The fourth-order valence-electron chi connectivity index (χ4n) is 3.40. The molecular weight excluding hydrogens is 428 g/mol. The first-order chi connectivity index (χ1) is 14.0. The number of anilines is 1. The molecule has 5 nitrogen and oxygen atoms in total. The minimum Gasteiger partial charge on any atom is -0.321 e. The van der Waals surface area contributed by atoms with Gasteiger partial charge in [-0.3, -0.25) is 14.2 Å². The van der Waals surface area contributed by atoms with Crippen molar-refractivity contribution in [3.8, 4) is 0 Å². The van der Waals surface area contributed by atoms with E-state index in [1.54, 1.807) is 12.4 Å². The molecule has 0 saturated carbocycles. The Labute approximate surface area is 178 Å². The van der Waals surface area contributed by atoms with Crippen LogP contribution in [-0.4, -0.2) is 20.3 Å². The summed E-state index contributed by atoms with van der Waals surface area (Å²) in [6.07, 6.45) is 7.05. The largest absolute Gasteiger partial charge is 0.321 e. The molecule has 146 valence electrons. The van der Waals surface area contributed by atoms with Crippen LogP contribution in [0.25, 0.3) is 5.65 Å². The van der Waals surface area contributed by atoms with Crippen LogP contribution in [0.5, 0.6) is 0 Å². The number of carbonyl (C=O) groups excluding carboxylic acids is 1. The Morgan fingerprint density at radius 2 is 1.79 bits per heavy atom. The van der Waals surface area contributed by atoms with Crippen LogP contribution < -0.4 is 5.32 Å². The van der Waals surface area contributed by atoms with Gasteiger partial charge in [0.25, 0.3) is 5.91 Å². The summed E-state index contributed by atoms with van der Waals surface area (Å²) in [5, 5.41) is 3.02. The maximum atomic E-state index is 13.1. The molecule has 0 unspecified atom stereocenters. The number of halogens is 1. The lowest BCUT2D eigenvalue weighted by Crippen LogP contribution is -2.16. The topological polar surface area (TPSA) is 59.3 Å². The Morgan fingerprint density at radius 1 is 1.10 bits per heavy atom. The fourth-order valence-corrected chi connectivity index (χ4v) is 4.04. The highest BCUT2D eigenvalue weighted by molar-refractivity contribution is 9.10. The molecule has 3 aromatic heterocycles. The van der Waals surface area contributed by atoms with E-state index >= 15 is 0 Å². The Bertz CT molecular complexity index is 1170. The number of nitrogens with zero attached hydrogens (tertiary/aromatic N) is 3. The van der Waals surface area contributed by atoms with Crippen molar-refractivity contribution >= 4 is 33.2 Å². The predicted molar refractivity (Wildman–Crippen MR) is 118 cm³/mol. The van der Waals surface area contributed by atoms with Gasteiger partial charge < -0.3 is 5.32 Å². The maximum absolute atomic E-state index is 13.1. The van der Waals surface area contributed by atoms with E-state index in [1.165, 1.54) is 11.1 Å². The van der Waals surface area contributed by atoms with Crippen molar-refractivity contribution in [1.29, 1.82) is 0 Å². The second-order valence-electron chi connectivity index (χ2n) is 7.00. The van der Waals surface area contributed by atoms with Crippen molar-refractivity contribution in [2.75, 3.05) is 5.32 Å². The number of hydrogen-bond donors (Lipinski definition) is 1. The Hall–Kier alpha value is -2.99. The quantitative estimate of drug-likeness (QED) is 0.455. The van der Waals surface area contributed by atoms with Gasteiger partial charge in [0.15, 0.2) is 5.65 Å². The van der Waals surface area contributed by atoms with Crippen molar-refractivity contribution < 1.29 is 4.79 Å². The van der Waals surface area contributed by atoms with Gasteiger partial charge in [-0.15, -0.1) is 0 Å². The third-order valence-electron chi connectivity index (χ3n) is 4.80. The predicted octanol–water partition coefficient (Wildman–Crippen LogP) is 5.21. The lowest BCUT2D eigenvalue weighted by atomic mass is 10.1. The summed E-state index contributed by atoms with van der Waals surface area (Å²) >= 11 is 3.56. The number of nitrogens with one attached hydrogen (secondary N) is 1. The van der Waals surface area contributed by atoms with Crippen LogP contribution in [0.1, 0.15) is 39.8 Å². The van der Waals surface area contributed by atoms with Crippen molar-refractivity contribution in [1.82, 2.24) is 14.4 Å². The van der Waals surface area contributed by atoms with Gasteiger partial charge in [0.2, 0.25) is 0 Å². The summed E-state index contributed by atoms with van der Waals surface area (Å²) < 4.78 is 2.75. The summed E-state index contributed by atoms with van der Waals surface area (Å²) in [4.78, 5) is 21.8. The molecule has 0 atom stereocenters. The first kappa shape index (κ1) is 19.3. The number of aromatic nitrogens is 3. The smallest absolute Gasteiger partial charge is 0.274 e. The van der Waals surface area contributed by atoms with Crippen LogP contribution >= 0.6 is 15.9 Å². The van der Waals surface area contributed by atoms with Crippen LogP contribution in [0.4, 0.5) is 5.69 Å². The molecule has 0 spiro atoms. The Balaban J connectivity index is 1.58. The zero-order valence-electron chi connectivity index (χ0n) is 16.3. The fraction of sp³-hybridized carbons (Fsp3) is 0.174. The highest BCUT2D eigenvalue weighted by Gasteiger charge is 2.20. The zero-order valence-corrected chi connectivity index (χ0v) is 17.9. The Kier molecular flexibility index (Phi) is 5.45. The first-order valence-corrected chi connectivity index (χ1v) is 10.3. The second kappa shape index (κ2) is 8.17. The van der Waals surface area contributed by atoms with E-state index in [9.17, 15) is 4.79 Å². The van der Waals surface area contributed by atoms with E-state index in [4.69, 9.17) is 0 Å². The first-order valence-electron chi connectivity index (χ1n) is 9.51. The minimum atomic E-state index is -0.159. The molecule has 0 saturated heterocycles. The molecule has 1 N–H and O–H groups in total. The van der Waals surface area contributed by atoms with Gasteiger partial charge in [0.05, 0.1) is 10.2 Å². The van der Waals surface area contributed by atoms with Gasteiger partial charge in [-0.1, -0.05) is 19.1 Å². The minimum absolute atomic E-state index is 0.159. The van der Waals surface area contributed by atoms with E-state index in [1.807, 2.05) is 66.9 Å². The van der Waals surface area contributed by atoms with Crippen LogP contribution in [0.15, 0.2) is 65.5 Å². The van der Waals surface area contributed by atoms with E-state index in [0.717, 1.165) is 33.5 Å². The standard InChI is InChI=1S/C23H21BrN4O/c1-3-20-21(28-14-15(2)12-19(24)22(28)27-20)23(29)26-18-6-4-16(5-7-18)13-17-8-10-25-11-9-17/h4-12,14H,3,13H2,1-2H3,(H,26,29). The zero-order chi connectivity index (χ0) is 20.4. The number of benzene rings is 1. The molecule has 0 fully saturated rings. The molecule has 29 heavy (non-hydrogen) atoms. The van der Waals surface area contributed by atoms with Gasteiger partial charge >= 0.3 is 0 Å². The number of amides is 1. The van der Waals surface area contributed by atoms with Crippen LogP contribution in [0.3, 0.4) is 0 Å². The average molecular weight is 449 g/mol. The molecule has 4 rings (SSSR count). The number of fused-ring (bicyclic) bond motifs is 1. The van der Waals surface area contributed by atoms with Gasteiger partial charge in [-0.25, -0.2) is 4.98 Å². The third-order valence-corrected chi connectivity index (χ3v) is 5.39. The van der Waals surface area contributed by atoms with E-state index < -0.39 is 0 Å². The molecule has 1 aromatic carbocycles. The van der Waals surface area contributed by atoms with Gasteiger partial charge in [-0.05, 0) is 82.7 Å². The lowest BCUT2D eigenvalue weighted by Gasteiger charge is -2.09. The summed E-state index contributed by atoms with van der Waals surface area (Å²) in [5.41, 5.74) is 6.31. The molecule has 3 heterocycles. The maximum Gasteiger partial charge on any atom is 0.274 e. The number of hydrogen-bond acceptors (Lipinski definition) is 3.